The summed E-state index contributed by atoms with van der Waals surface area (Å²) in [6.07, 6.45) is 3.93. The second kappa shape index (κ2) is 15.3. The summed E-state index contributed by atoms with van der Waals surface area (Å²) in [5.41, 5.74) is 12.2. The zero-order valence-corrected chi connectivity index (χ0v) is 31.3. The molecule has 2 fully saturated rings. The Hall–Kier alpha value is -4.33. The van der Waals surface area contributed by atoms with E-state index in [2.05, 4.69) is 27.0 Å². The first kappa shape index (κ1) is 36.0. The van der Waals surface area contributed by atoms with Crippen LogP contribution in [0, 0.1) is 24.2 Å². The molecule has 2 aliphatic rings. The number of ether oxygens (including phenoxy) is 1. The van der Waals surface area contributed by atoms with Crippen molar-refractivity contribution in [2.24, 2.45) is 17.6 Å². The highest BCUT2D eigenvalue weighted by Gasteiger charge is 2.27. The van der Waals surface area contributed by atoms with E-state index >= 15 is 0 Å². The molecule has 0 aliphatic carbocycles. The highest BCUT2D eigenvalue weighted by molar-refractivity contribution is 7.18. The topological polar surface area (TPSA) is 154 Å². The first-order valence-electron chi connectivity index (χ1n) is 17.2. The van der Waals surface area contributed by atoms with Gasteiger partial charge in [0.1, 0.15) is 10.5 Å². The molecule has 11 nitrogen and oxygen atoms in total. The van der Waals surface area contributed by atoms with E-state index in [0.717, 1.165) is 75.6 Å². The Kier molecular flexibility index (Phi) is 10.6. The summed E-state index contributed by atoms with van der Waals surface area (Å²) in [6, 6.07) is 15.6. The number of rotatable bonds is 11. The molecular weight excluding hydrogens is 719 g/mol. The van der Waals surface area contributed by atoms with Gasteiger partial charge in [-0.25, -0.2) is 15.0 Å². The lowest BCUT2D eigenvalue weighted by atomic mass is 9.97. The monoisotopic (exact) mass is 758 g/mol. The number of nitrogens with one attached hydrogen (secondary N) is 2. The number of pyridine rings is 2. The number of carboxylic acid groups (broad SMARTS) is 1. The van der Waals surface area contributed by atoms with E-state index in [1.165, 1.54) is 0 Å². The van der Waals surface area contributed by atoms with Crippen molar-refractivity contribution >= 4 is 68.1 Å². The van der Waals surface area contributed by atoms with Crippen LogP contribution >= 0.6 is 34.5 Å². The molecule has 5 N–H and O–H groups in total. The first-order chi connectivity index (χ1) is 25.1. The minimum atomic E-state index is -0.711. The maximum atomic E-state index is 11.4. The normalized spacial score (nSPS) is 17.1. The van der Waals surface area contributed by atoms with Crippen LogP contribution in [0.25, 0.3) is 32.6 Å². The van der Waals surface area contributed by atoms with Crippen LogP contribution in [0.4, 0.5) is 11.5 Å². The first-order valence-corrected chi connectivity index (χ1v) is 18.8. The Balaban J connectivity index is 1.13. The molecule has 0 saturated carbocycles. The average Bonchev–Trinajstić information content (AvgIpc) is 3.78. The van der Waals surface area contributed by atoms with E-state index in [-0.39, 0.29) is 17.7 Å². The Labute approximate surface area is 316 Å². The zero-order valence-electron chi connectivity index (χ0n) is 29.0. The van der Waals surface area contributed by atoms with Gasteiger partial charge in [0.25, 0.3) is 0 Å². The summed E-state index contributed by atoms with van der Waals surface area (Å²) in [7, 11) is 1.63. The Morgan fingerprint density at radius 2 is 1.69 bits per heavy atom. The quantitative estimate of drug-likeness (QED) is 0.0774. The van der Waals surface area contributed by atoms with Crippen LogP contribution in [0.3, 0.4) is 0 Å². The smallest absolute Gasteiger partial charge is 0.306 e. The van der Waals surface area contributed by atoms with Gasteiger partial charge in [-0.3, -0.25) is 20.0 Å². The van der Waals surface area contributed by atoms with Crippen molar-refractivity contribution in [1.82, 2.24) is 24.8 Å². The van der Waals surface area contributed by atoms with Crippen LogP contribution < -0.4 is 15.8 Å². The number of benzene rings is 2. The van der Waals surface area contributed by atoms with E-state index < -0.39 is 5.97 Å². The largest absolute Gasteiger partial charge is 0.481 e. The third-order valence-electron chi connectivity index (χ3n) is 10.1. The predicted octanol–water partition coefficient (Wildman–Crippen LogP) is 7.84. The number of methoxy groups -OCH3 is 1. The highest BCUT2D eigenvalue weighted by atomic mass is 35.5. The minimum absolute atomic E-state index is 0.0817. The molecule has 1 unspecified atom stereocenters. The van der Waals surface area contributed by atoms with Gasteiger partial charge >= 0.3 is 5.97 Å². The van der Waals surface area contributed by atoms with E-state index in [1.807, 2.05) is 48.5 Å². The lowest BCUT2D eigenvalue weighted by Crippen LogP contribution is -2.35. The third-order valence-corrected chi connectivity index (χ3v) is 11.9. The molecule has 2 aliphatic heterocycles. The van der Waals surface area contributed by atoms with Crippen molar-refractivity contribution in [3.8, 4) is 28.3 Å². The number of aliphatic carboxylic acids is 1. The average molecular weight is 760 g/mol. The lowest BCUT2D eigenvalue weighted by Gasteiger charge is -2.29. The molecular formula is C38H40Cl2N8O3S. The fourth-order valence-electron chi connectivity index (χ4n) is 7.11. The highest BCUT2D eigenvalue weighted by Crippen LogP contribution is 2.43. The molecule has 3 aromatic heterocycles. The Morgan fingerprint density at radius 3 is 2.40 bits per heavy atom. The molecule has 0 amide bonds. The van der Waals surface area contributed by atoms with Gasteiger partial charge in [-0.1, -0.05) is 53.5 Å². The summed E-state index contributed by atoms with van der Waals surface area (Å²) >= 11 is 15.9. The van der Waals surface area contributed by atoms with E-state index in [1.54, 1.807) is 24.6 Å². The van der Waals surface area contributed by atoms with E-state index in [0.29, 0.717) is 59.1 Å². The molecule has 2 aromatic carbocycles. The van der Waals surface area contributed by atoms with Crippen molar-refractivity contribution < 1.29 is 14.6 Å². The number of thiazole rings is 1. The van der Waals surface area contributed by atoms with Gasteiger partial charge in [0, 0.05) is 47.5 Å². The molecule has 0 radical (unpaired) electrons. The summed E-state index contributed by atoms with van der Waals surface area (Å²) in [4.78, 5) is 30.4. The maximum absolute atomic E-state index is 11.4. The minimum Gasteiger partial charge on any atom is -0.481 e. The number of anilines is 2. The molecule has 270 valence electrons. The fraction of sp³-hybridized carbons (Fsp3) is 0.342. The second-order valence-corrected chi connectivity index (χ2v) is 15.3. The Morgan fingerprint density at radius 1 is 1.00 bits per heavy atom. The number of nitrogens with two attached hydrogens (primary N) is 1. The third kappa shape index (κ3) is 7.44. The summed E-state index contributed by atoms with van der Waals surface area (Å²) in [5.74, 6) is 0.481. The van der Waals surface area contributed by atoms with Gasteiger partial charge in [-0.2, -0.15) is 0 Å². The molecule has 1 atom stereocenters. The van der Waals surface area contributed by atoms with Gasteiger partial charge in [-0.05, 0) is 69.6 Å². The molecule has 14 heteroatoms. The molecule has 52 heavy (non-hydrogen) atoms. The number of hydrogen-bond donors (Lipinski definition) is 4. The second-order valence-electron chi connectivity index (χ2n) is 13.5. The maximum Gasteiger partial charge on any atom is 0.306 e. The number of halogens is 2. The number of aromatic nitrogens is 3. The fourth-order valence-corrected chi connectivity index (χ4v) is 8.72. The van der Waals surface area contributed by atoms with Crippen LogP contribution in [-0.2, 0) is 17.9 Å². The number of piperidine rings is 1. The summed E-state index contributed by atoms with van der Waals surface area (Å²) in [6.45, 7) is 6.46. The van der Waals surface area contributed by atoms with Crippen LogP contribution in [0.5, 0.6) is 5.88 Å². The van der Waals surface area contributed by atoms with Crippen molar-refractivity contribution in [2.75, 3.05) is 38.6 Å². The van der Waals surface area contributed by atoms with Gasteiger partial charge in [0.05, 0.1) is 51.5 Å². The van der Waals surface area contributed by atoms with Gasteiger partial charge in [-0.15, -0.1) is 11.3 Å². The van der Waals surface area contributed by atoms with Gasteiger partial charge < -0.3 is 20.9 Å². The molecule has 2 saturated heterocycles. The summed E-state index contributed by atoms with van der Waals surface area (Å²) < 4.78 is 6.79. The zero-order chi connectivity index (χ0) is 36.5. The number of carboxylic acids is 1. The van der Waals surface area contributed by atoms with Crippen molar-refractivity contribution in [1.29, 1.82) is 5.41 Å². The molecule has 0 spiro atoms. The number of amidine groups is 1. The number of aryl methyl sites for hydroxylation is 1. The molecule has 5 aromatic rings. The molecule has 5 heterocycles. The van der Waals surface area contributed by atoms with Crippen LogP contribution in [0.2, 0.25) is 10.0 Å². The lowest BCUT2D eigenvalue weighted by molar-refractivity contribution is -0.143. The summed E-state index contributed by atoms with van der Waals surface area (Å²) in [5, 5.41) is 22.6. The predicted molar refractivity (Wildman–Crippen MR) is 208 cm³/mol. The molecule has 0 bridgehead atoms. The number of nitrogens with zero attached hydrogens (tertiary/aromatic N) is 5. The van der Waals surface area contributed by atoms with Crippen LogP contribution in [-0.4, -0.2) is 75.0 Å². The van der Waals surface area contributed by atoms with Gasteiger partial charge in [0.2, 0.25) is 5.88 Å². The van der Waals surface area contributed by atoms with Crippen molar-refractivity contribution in [2.45, 2.75) is 39.3 Å². The van der Waals surface area contributed by atoms with Crippen LogP contribution in [0.15, 0.2) is 54.7 Å². The van der Waals surface area contributed by atoms with E-state index in [9.17, 15) is 9.90 Å². The number of likely N-dealkylation sites (tertiary alicyclic amines) is 2. The van der Waals surface area contributed by atoms with Crippen LogP contribution in [0.1, 0.15) is 35.4 Å². The standard InChI is InChI=1S/C38H40Cl2N8O3S/c1-21-17-29(45-37(51-2)27(21)19-48-16-12-23(18-48)35(41)42)26-7-3-5-24(32(26)39)25-6-4-8-28(33(25)40)44-36-34-30(9-13-43-36)52-31(46-34)20-47-14-10-22(11-15-47)38(49)50/h3-9,13,17,22-23H,10-12,14-16,18-20H2,1-2H3,(H3,41,42)(H,43,44)(H,49,50). The van der Waals surface area contributed by atoms with E-state index in [4.69, 9.17) is 49.0 Å². The number of fused-ring (bicyclic) bond motifs is 1. The Bertz CT molecular complexity index is 2150. The number of carbonyl (C=O) groups is 1. The van der Waals surface area contributed by atoms with Gasteiger partial charge in [0.15, 0.2) is 5.82 Å². The number of hydrogen-bond acceptors (Lipinski definition) is 10. The van der Waals surface area contributed by atoms with Crippen molar-refractivity contribution in [3.05, 3.63) is 80.9 Å². The van der Waals surface area contributed by atoms with Crippen molar-refractivity contribution in [3.63, 3.8) is 0 Å². The SMILES string of the molecule is COc1nc(-c2cccc(-c3cccc(Nc4nccc5sc(CN6CCC(C(=O)O)CC6)nc45)c3Cl)c2Cl)cc(C)c1CN1CCC(C(=N)N)C1. The molecule has 7 rings (SSSR count).